The summed E-state index contributed by atoms with van der Waals surface area (Å²) in [4.78, 5) is 0. The average molecular weight is 351 g/mol. The van der Waals surface area contributed by atoms with Crippen molar-refractivity contribution in [2.75, 3.05) is 6.61 Å². The van der Waals surface area contributed by atoms with E-state index in [4.69, 9.17) is 4.74 Å². The van der Waals surface area contributed by atoms with E-state index in [-0.39, 0.29) is 0 Å². The number of benzene rings is 2. The van der Waals surface area contributed by atoms with Crippen LogP contribution in [0.25, 0.3) is 11.3 Å². The molecule has 0 aliphatic rings. The molecule has 0 aliphatic carbocycles. The first-order valence-electron chi connectivity index (χ1n) is 8.87. The van der Waals surface area contributed by atoms with Crippen LogP contribution in [0.4, 0.5) is 0 Å². The van der Waals surface area contributed by atoms with Gasteiger partial charge in [-0.25, -0.2) is 0 Å². The first-order valence-corrected chi connectivity index (χ1v) is 8.87. The Bertz CT molecular complexity index is 807. The number of phenolic OH excluding ortho intramolecular Hbond substituents is 1. The summed E-state index contributed by atoms with van der Waals surface area (Å²) in [7, 11) is 0. The Kier molecular flexibility index (Phi) is 7.55. The van der Waals surface area contributed by atoms with Gasteiger partial charge in [0.05, 0.1) is 12.8 Å². The summed E-state index contributed by atoms with van der Waals surface area (Å²) in [6.07, 6.45) is 3.53. The molecule has 5 nitrogen and oxygen atoms in total. The van der Waals surface area contributed by atoms with Crippen LogP contribution in [0.3, 0.4) is 0 Å². The number of aryl methyl sites for hydroxylation is 1. The number of hydrogen-bond acceptors (Lipinski definition) is 5. The molecule has 3 rings (SSSR count). The SMILES string of the molecule is CCOc1ccccc1-c1ccnnn1.CCc1cccc(O)c1CC. The smallest absolute Gasteiger partial charge is 0.128 e. The fraction of sp³-hybridized carbons (Fsp3) is 0.286. The van der Waals surface area contributed by atoms with E-state index in [2.05, 4.69) is 35.3 Å². The molecule has 3 aromatic rings. The lowest BCUT2D eigenvalue weighted by molar-refractivity contribution is 0.341. The molecule has 0 unspecified atom stereocenters. The molecule has 0 saturated carbocycles. The molecule has 0 fully saturated rings. The van der Waals surface area contributed by atoms with Crippen LogP contribution in [-0.4, -0.2) is 27.1 Å². The average Bonchev–Trinajstić information content (AvgIpc) is 2.69. The van der Waals surface area contributed by atoms with Crippen molar-refractivity contribution in [1.29, 1.82) is 0 Å². The van der Waals surface area contributed by atoms with Gasteiger partial charge in [0.25, 0.3) is 0 Å². The molecule has 1 aromatic heterocycles. The molecule has 1 N–H and O–H groups in total. The monoisotopic (exact) mass is 351 g/mol. The van der Waals surface area contributed by atoms with Crippen molar-refractivity contribution < 1.29 is 9.84 Å². The summed E-state index contributed by atoms with van der Waals surface area (Å²) in [5.41, 5.74) is 4.06. The second kappa shape index (κ2) is 10.1. The van der Waals surface area contributed by atoms with Gasteiger partial charge in [0, 0.05) is 5.56 Å². The van der Waals surface area contributed by atoms with Crippen molar-refractivity contribution in [2.45, 2.75) is 33.6 Å². The maximum absolute atomic E-state index is 9.42. The molecule has 26 heavy (non-hydrogen) atoms. The van der Waals surface area contributed by atoms with Gasteiger partial charge >= 0.3 is 0 Å². The third-order valence-electron chi connectivity index (χ3n) is 3.95. The third kappa shape index (κ3) is 5.02. The van der Waals surface area contributed by atoms with E-state index in [1.165, 1.54) is 5.56 Å². The van der Waals surface area contributed by atoms with Crippen molar-refractivity contribution in [3.8, 4) is 22.8 Å². The van der Waals surface area contributed by atoms with Gasteiger partial charge in [0.1, 0.15) is 17.2 Å². The summed E-state index contributed by atoms with van der Waals surface area (Å²) in [5, 5.41) is 20.6. The van der Waals surface area contributed by atoms with Crippen LogP contribution >= 0.6 is 0 Å². The fourth-order valence-electron chi connectivity index (χ4n) is 2.70. The van der Waals surface area contributed by atoms with Crippen molar-refractivity contribution in [3.05, 3.63) is 65.9 Å². The molecule has 0 aliphatic heterocycles. The molecular weight excluding hydrogens is 326 g/mol. The lowest BCUT2D eigenvalue weighted by Gasteiger charge is -2.07. The highest BCUT2D eigenvalue weighted by Gasteiger charge is 2.06. The molecule has 2 aromatic carbocycles. The van der Waals surface area contributed by atoms with Gasteiger partial charge in [-0.1, -0.05) is 38.1 Å². The molecule has 1 heterocycles. The second-order valence-corrected chi connectivity index (χ2v) is 5.56. The Labute approximate surface area is 154 Å². The minimum Gasteiger partial charge on any atom is -0.508 e. The van der Waals surface area contributed by atoms with Crippen LogP contribution in [0, 0.1) is 0 Å². The Balaban J connectivity index is 0.000000197. The largest absolute Gasteiger partial charge is 0.508 e. The van der Waals surface area contributed by atoms with Gasteiger partial charge in [-0.3, -0.25) is 0 Å². The molecule has 136 valence electrons. The van der Waals surface area contributed by atoms with Gasteiger partial charge in [0.2, 0.25) is 0 Å². The Morgan fingerprint density at radius 3 is 2.35 bits per heavy atom. The van der Waals surface area contributed by atoms with Gasteiger partial charge in [-0.2, -0.15) is 0 Å². The number of ether oxygens (including phenoxy) is 1. The Morgan fingerprint density at radius 2 is 1.73 bits per heavy atom. The number of phenols is 1. The van der Waals surface area contributed by atoms with Crippen molar-refractivity contribution in [1.82, 2.24) is 15.4 Å². The van der Waals surface area contributed by atoms with Crippen LogP contribution in [0.1, 0.15) is 31.9 Å². The molecule has 0 radical (unpaired) electrons. The summed E-state index contributed by atoms with van der Waals surface area (Å²) in [6.45, 7) is 6.76. The first-order chi connectivity index (χ1) is 12.7. The second-order valence-electron chi connectivity index (χ2n) is 5.56. The van der Waals surface area contributed by atoms with Crippen LogP contribution in [-0.2, 0) is 12.8 Å². The zero-order valence-electron chi connectivity index (χ0n) is 15.5. The van der Waals surface area contributed by atoms with Crippen LogP contribution in [0.15, 0.2) is 54.7 Å². The van der Waals surface area contributed by atoms with E-state index < -0.39 is 0 Å². The highest BCUT2D eigenvalue weighted by molar-refractivity contribution is 5.66. The summed E-state index contributed by atoms with van der Waals surface area (Å²) >= 11 is 0. The quantitative estimate of drug-likeness (QED) is 0.735. The number of rotatable bonds is 5. The molecule has 0 spiro atoms. The molecular formula is C21H25N3O2. The summed E-state index contributed by atoms with van der Waals surface area (Å²) in [5.74, 6) is 1.26. The number of hydrogen-bond donors (Lipinski definition) is 1. The number of para-hydroxylation sites is 1. The lowest BCUT2D eigenvalue weighted by Crippen LogP contribution is -1.96. The van der Waals surface area contributed by atoms with E-state index in [0.29, 0.717) is 12.4 Å². The minimum absolute atomic E-state index is 0.437. The third-order valence-corrected chi connectivity index (χ3v) is 3.95. The van der Waals surface area contributed by atoms with E-state index in [0.717, 1.165) is 35.4 Å². The molecule has 0 amide bonds. The van der Waals surface area contributed by atoms with Crippen molar-refractivity contribution >= 4 is 0 Å². The maximum atomic E-state index is 9.42. The lowest BCUT2D eigenvalue weighted by atomic mass is 10.0. The predicted octanol–water partition coefficient (Wildman–Crippen LogP) is 4.45. The fourth-order valence-corrected chi connectivity index (χ4v) is 2.70. The molecule has 0 bridgehead atoms. The van der Waals surface area contributed by atoms with Crippen molar-refractivity contribution in [2.24, 2.45) is 0 Å². The standard InChI is InChI=1S/C11H11N3O.C10H14O/c1-2-15-11-6-4-3-5-9(11)10-7-8-12-14-13-10;1-3-8-6-5-7-10(11)9(8)4-2/h3-8H,2H2,1H3;5-7,11H,3-4H2,1-2H3. The highest BCUT2D eigenvalue weighted by Crippen LogP contribution is 2.27. The first kappa shape index (κ1) is 19.4. The van der Waals surface area contributed by atoms with Crippen LogP contribution in [0.2, 0.25) is 0 Å². The van der Waals surface area contributed by atoms with E-state index in [1.807, 2.05) is 43.3 Å². The molecule has 0 saturated heterocycles. The van der Waals surface area contributed by atoms with Gasteiger partial charge in [-0.15, -0.1) is 10.2 Å². The van der Waals surface area contributed by atoms with E-state index in [1.54, 1.807) is 12.3 Å². The van der Waals surface area contributed by atoms with E-state index >= 15 is 0 Å². The zero-order chi connectivity index (χ0) is 18.8. The maximum Gasteiger partial charge on any atom is 0.128 e. The van der Waals surface area contributed by atoms with Gasteiger partial charge < -0.3 is 9.84 Å². The normalized spacial score (nSPS) is 9.96. The number of nitrogens with zero attached hydrogens (tertiary/aromatic N) is 3. The zero-order valence-corrected chi connectivity index (χ0v) is 15.5. The Morgan fingerprint density at radius 1 is 0.923 bits per heavy atom. The Hall–Kier alpha value is -2.95. The minimum atomic E-state index is 0.437. The number of aromatic hydroxyl groups is 1. The van der Waals surface area contributed by atoms with E-state index in [9.17, 15) is 5.11 Å². The van der Waals surface area contributed by atoms with Crippen LogP contribution in [0.5, 0.6) is 11.5 Å². The predicted molar refractivity (Wildman–Crippen MR) is 103 cm³/mol. The summed E-state index contributed by atoms with van der Waals surface area (Å²) < 4.78 is 5.50. The van der Waals surface area contributed by atoms with Crippen molar-refractivity contribution in [3.63, 3.8) is 0 Å². The highest BCUT2D eigenvalue weighted by atomic mass is 16.5. The van der Waals surface area contributed by atoms with Gasteiger partial charge in [-0.05, 0) is 60.4 Å². The molecule has 0 atom stereocenters. The molecule has 5 heteroatoms. The van der Waals surface area contributed by atoms with Gasteiger partial charge in [0.15, 0.2) is 0 Å². The number of aromatic nitrogens is 3. The summed E-state index contributed by atoms with van der Waals surface area (Å²) in [6, 6.07) is 15.3. The topological polar surface area (TPSA) is 68.1 Å². The van der Waals surface area contributed by atoms with Crippen LogP contribution < -0.4 is 4.74 Å².